The van der Waals surface area contributed by atoms with E-state index in [-0.39, 0.29) is 0 Å². The molecule has 0 aliphatic heterocycles. The van der Waals surface area contributed by atoms with Crippen molar-refractivity contribution < 1.29 is 9.90 Å². The van der Waals surface area contributed by atoms with Gasteiger partial charge in [0.2, 0.25) is 0 Å². The molecule has 1 unspecified atom stereocenters. The summed E-state index contributed by atoms with van der Waals surface area (Å²) in [4.78, 5) is 11.7. The lowest BCUT2D eigenvalue weighted by atomic mass is 10.1. The van der Waals surface area contributed by atoms with Gasteiger partial charge in [-0.3, -0.25) is 4.79 Å². The number of anilines is 1. The minimum atomic E-state index is -0.988. The monoisotopic (exact) mass is 322 g/mol. The van der Waals surface area contributed by atoms with E-state index >= 15 is 0 Å². The molecule has 0 heterocycles. The van der Waals surface area contributed by atoms with Crippen molar-refractivity contribution in [1.29, 1.82) is 0 Å². The molecule has 0 amide bonds. The largest absolute Gasteiger partial charge is 0.480 e. The first-order chi connectivity index (χ1) is 10.0. The van der Waals surface area contributed by atoms with Gasteiger partial charge in [-0.1, -0.05) is 23.7 Å². The van der Waals surface area contributed by atoms with Gasteiger partial charge in [0.1, 0.15) is 6.04 Å². The van der Waals surface area contributed by atoms with Crippen LogP contribution in [-0.4, -0.2) is 17.1 Å². The third kappa shape index (κ3) is 4.97. The zero-order valence-corrected chi connectivity index (χ0v) is 12.7. The Morgan fingerprint density at radius 1 is 1.19 bits per heavy atom. The van der Waals surface area contributed by atoms with Crippen molar-refractivity contribution in [2.24, 2.45) is 5.73 Å². The Labute approximate surface area is 132 Å². The molecule has 0 fully saturated rings. The van der Waals surface area contributed by atoms with Crippen LogP contribution < -0.4 is 10.5 Å². The zero-order chi connectivity index (χ0) is 15.2. The highest BCUT2D eigenvalue weighted by molar-refractivity contribution is 8.00. The second-order valence-electron chi connectivity index (χ2n) is 4.50. The molecule has 0 radical (unpaired) electrons. The number of benzene rings is 2. The van der Waals surface area contributed by atoms with Crippen LogP contribution in [0.15, 0.2) is 53.4 Å². The second kappa shape index (κ2) is 7.36. The van der Waals surface area contributed by atoms with Crippen LogP contribution in [0.1, 0.15) is 5.56 Å². The molecule has 2 aromatic carbocycles. The molecule has 2 rings (SSSR count). The Morgan fingerprint density at radius 2 is 1.81 bits per heavy atom. The van der Waals surface area contributed by atoms with Crippen LogP contribution in [0.5, 0.6) is 0 Å². The number of hydrogen-bond acceptors (Lipinski definition) is 4. The molecule has 0 aromatic heterocycles. The minimum absolute atomic E-state index is 0.324. The zero-order valence-electron chi connectivity index (χ0n) is 11.1. The Balaban J connectivity index is 1.90. The summed E-state index contributed by atoms with van der Waals surface area (Å²) < 4.78 is 3.21. The van der Waals surface area contributed by atoms with E-state index in [0.29, 0.717) is 11.4 Å². The second-order valence-corrected chi connectivity index (χ2v) is 5.82. The number of carboxylic acid groups (broad SMARTS) is 1. The first-order valence-electron chi connectivity index (χ1n) is 6.30. The van der Waals surface area contributed by atoms with E-state index in [1.54, 1.807) is 0 Å². The van der Waals surface area contributed by atoms with Crippen LogP contribution in [-0.2, 0) is 11.2 Å². The van der Waals surface area contributed by atoms with Gasteiger partial charge in [-0.2, -0.15) is 0 Å². The van der Waals surface area contributed by atoms with Gasteiger partial charge in [-0.25, -0.2) is 0 Å². The quantitative estimate of drug-likeness (QED) is 0.711. The summed E-state index contributed by atoms with van der Waals surface area (Å²) >= 11 is 7.30. The summed E-state index contributed by atoms with van der Waals surface area (Å²) in [6.07, 6.45) is 0.324. The van der Waals surface area contributed by atoms with Crippen LogP contribution in [0.2, 0.25) is 5.02 Å². The smallest absolute Gasteiger partial charge is 0.320 e. The van der Waals surface area contributed by atoms with Crippen molar-refractivity contribution in [3.05, 3.63) is 59.1 Å². The Morgan fingerprint density at radius 3 is 2.38 bits per heavy atom. The molecule has 2 aromatic rings. The van der Waals surface area contributed by atoms with Crippen LogP contribution in [0.25, 0.3) is 0 Å². The minimum Gasteiger partial charge on any atom is -0.480 e. The van der Waals surface area contributed by atoms with E-state index in [0.717, 1.165) is 16.1 Å². The topological polar surface area (TPSA) is 75.3 Å². The molecule has 0 aliphatic carbocycles. The summed E-state index contributed by atoms with van der Waals surface area (Å²) in [6, 6.07) is 14.2. The van der Waals surface area contributed by atoms with E-state index in [2.05, 4.69) is 4.72 Å². The molecule has 110 valence electrons. The van der Waals surface area contributed by atoms with Crippen molar-refractivity contribution >= 4 is 35.2 Å². The lowest BCUT2D eigenvalue weighted by molar-refractivity contribution is -0.138. The predicted octanol–water partition coefficient (Wildman–Crippen LogP) is 3.41. The standard InChI is InChI=1S/C15H15ClN2O2S/c16-11-3-5-12(6-4-11)18-21-13-7-1-10(2-8-13)9-14(17)15(19)20/h1-8,14,18H,9,17H2,(H,19,20). The van der Waals surface area contributed by atoms with E-state index in [1.165, 1.54) is 11.9 Å². The van der Waals surface area contributed by atoms with Crippen LogP contribution in [0, 0.1) is 0 Å². The Bertz CT molecular complexity index is 602. The molecule has 4 nitrogen and oxygen atoms in total. The third-order valence-corrected chi connectivity index (χ3v) is 3.92. The highest BCUT2D eigenvalue weighted by atomic mass is 35.5. The van der Waals surface area contributed by atoms with Gasteiger partial charge in [0.25, 0.3) is 0 Å². The van der Waals surface area contributed by atoms with Crippen LogP contribution in [0.3, 0.4) is 0 Å². The maximum Gasteiger partial charge on any atom is 0.320 e. The molecule has 0 bridgehead atoms. The number of rotatable bonds is 6. The molecular weight excluding hydrogens is 308 g/mol. The van der Waals surface area contributed by atoms with Crippen molar-refractivity contribution in [2.45, 2.75) is 17.4 Å². The molecule has 0 spiro atoms. The fraction of sp³-hybridized carbons (Fsp3) is 0.133. The number of nitrogens with one attached hydrogen (secondary N) is 1. The van der Waals surface area contributed by atoms with Gasteiger partial charge in [-0.15, -0.1) is 0 Å². The van der Waals surface area contributed by atoms with Crippen molar-refractivity contribution in [3.8, 4) is 0 Å². The molecule has 6 heteroatoms. The molecular formula is C15H15ClN2O2S. The molecule has 0 aliphatic rings. The average molecular weight is 323 g/mol. The van der Waals surface area contributed by atoms with Crippen LogP contribution >= 0.6 is 23.5 Å². The van der Waals surface area contributed by atoms with E-state index in [1.807, 2.05) is 48.5 Å². The fourth-order valence-electron chi connectivity index (χ4n) is 1.67. The fourth-order valence-corrected chi connectivity index (χ4v) is 2.44. The molecule has 4 N–H and O–H groups in total. The Kier molecular flexibility index (Phi) is 5.50. The van der Waals surface area contributed by atoms with E-state index in [9.17, 15) is 4.79 Å². The highest BCUT2D eigenvalue weighted by Crippen LogP contribution is 2.22. The number of carboxylic acids is 1. The normalized spacial score (nSPS) is 11.9. The molecule has 0 saturated carbocycles. The summed E-state index contributed by atoms with van der Waals surface area (Å²) in [5, 5.41) is 9.48. The third-order valence-electron chi connectivity index (χ3n) is 2.83. The summed E-state index contributed by atoms with van der Waals surface area (Å²) in [6.45, 7) is 0. The van der Waals surface area contributed by atoms with Gasteiger partial charge < -0.3 is 15.6 Å². The number of halogens is 1. The molecule has 0 saturated heterocycles. The Hall–Kier alpha value is -1.69. The first-order valence-corrected chi connectivity index (χ1v) is 7.50. The summed E-state index contributed by atoms with van der Waals surface area (Å²) in [5.74, 6) is -0.988. The van der Waals surface area contributed by atoms with Crippen molar-refractivity contribution in [2.75, 3.05) is 4.72 Å². The van der Waals surface area contributed by atoms with Crippen molar-refractivity contribution in [1.82, 2.24) is 0 Å². The van der Waals surface area contributed by atoms with Crippen molar-refractivity contribution in [3.63, 3.8) is 0 Å². The van der Waals surface area contributed by atoms with Gasteiger partial charge in [0.05, 0.1) is 0 Å². The lowest BCUT2D eigenvalue weighted by Crippen LogP contribution is -2.32. The molecule has 21 heavy (non-hydrogen) atoms. The summed E-state index contributed by atoms with van der Waals surface area (Å²) in [7, 11) is 0. The van der Waals surface area contributed by atoms with E-state index in [4.69, 9.17) is 22.4 Å². The number of aliphatic carboxylic acids is 1. The van der Waals surface area contributed by atoms with Gasteiger partial charge >= 0.3 is 5.97 Å². The SMILES string of the molecule is NC(Cc1ccc(SNc2ccc(Cl)cc2)cc1)C(=O)O. The predicted molar refractivity (Wildman–Crippen MR) is 86.7 cm³/mol. The molecule has 1 atom stereocenters. The lowest BCUT2D eigenvalue weighted by Gasteiger charge is -2.08. The number of hydrogen-bond donors (Lipinski definition) is 3. The first kappa shape index (κ1) is 15.7. The highest BCUT2D eigenvalue weighted by Gasteiger charge is 2.11. The average Bonchev–Trinajstić information content (AvgIpc) is 2.48. The van der Waals surface area contributed by atoms with Gasteiger partial charge in [-0.05, 0) is 60.3 Å². The van der Waals surface area contributed by atoms with Gasteiger partial charge in [0, 0.05) is 15.6 Å². The van der Waals surface area contributed by atoms with Gasteiger partial charge in [0.15, 0.2) is 0 Å². The van der Waals surface area contributed by atoms with E-state index < -0.39 is 12.0 Å². The van der Waals surface area contributed by atoms with Crippen LogP contribution in [0.4, 0.5) is 5.69 Å². The maximum atomic E-state index is 10.7. The maximum absolute atomic E-state index is 10.7. The summed E-state index contributed by atoms with van der Waals surface area (Å²) in [5.41, 5.74) is 7.37. The number of carbonyl (C=O) groups is 1. The number of nitrogens with two attached hydrogens (primary N) is 1.